The third kappa shape index (κ3) is 5.30. The highest BCUT2D eigenvalue weighted by Crippen LogP contribution is 2.17. The maximum Gasteiger partial charge on any atom is 0.261 e. The molecule has 7 heteroatoms. The summed E-state index contributed by atoms with van der Waals surface area (Å²) in [5, 5.41) is 7.91. The highest BCUT2D eigenvalue weighted by atomic mass is 32.2. The second kappa shape index (κ2) is 7.67. The van der Waals surface area contributed by atoms with Crippen LogP contribution < -0.4 is 15.2 Å². The van der Waals surface area contributed by atoms with Crippen LogP contribution in [-0.2, 0) is 14.8 Å². The Morgan fingerprint density at radius 1 is 1.04 bits per heavy atom. The Hall–Kier alpha value is -2.38. The van der Waals surface area contributed by atoms with E-state index in [1.165, 1.54) is 12.1 Å². The monoisotopic (exact) mass is 362 g/mol. The van der Waals surface area contributed by atoms with Gasteiger partial charge in [0.1, 0.15) is 5.75 Å². The molecule has 0 aliphatic carbocycles. The van der Waals surface area contributed by atoms with Gasteiger partial charge in [-0.25, -0.2) is 13.6 Å². The summed E-state index contributed by atoms with van der Waals surface area (Å²) in [4.78, 5) is 12.3. The standard InChI is InChI=1S/C18H22N2O4S/c1-12-4-8-16(9-5-12)24-14(3)18(21)20-13(2)15-6-10-17(11-7-15)25(19,22)23/h4-11,13-14H,1-3H3,(H,20,21)(H2,19,22,23). The van der Waals surface area contributed by atoms with Crippen molar-refractivity contribution in [1.82, 2.24) is 5.32 Å². The molecule has 3 N–H and O–H groups in total. The number of ether oxygens (including phenoxy) is 1. The summed E-state index contributed by atoms with van der Waals surface area (Å²) in [5.74, 6) is 0.363. The number of sulfonamides is 1. The maximum atomic E-state index is 12.3. The number of hydrogen-bond donors (Lipinski definition) is 2. The first-order valence-corrected chi connectivity index (χ1v) is 9.38. The Labute approximate surface area is 148 Å². The van der Waals surface area contributed by atoms with Gasteiger partial charge in [-0.05, 0) is 50.6 Å². The van der Waals surface area contributed by atoms with Gasteiger partial charge >= 0.3 is 0 Å². The molecule has 0 bridgehead atoms. The Bertz CT molecular complexity index is 830. The third-order valence-corrected chi connectivity index (χ3v) is 4.70. The van der Waals surface area contributed by atoms with Gasteiger partial charge in [-0.15, -0.1) is 0 Å². The van der Waals surface area contributed by atoms with Crippen LogP contribution in [0.3, 0.4) is 0 Å². The second-order valence-corrected chi connectivity index (χ2v) is 7.48. The Balaban J connectivity index is 1.97. The fourth-order valence-electron chi connectivity index (χ4n) is 2.23. The number of carbonyl (C=O) groups excluding carboxylic acids is 1. The molecule has 134 valence electrons. The minimum absolute atomic E-state index is 0.0332. The number of amides is 1. The van der Waals surface area contributed by atoms with E-state index in [0.717, 1.165) is 11.1 Å². The molecule has 0 heterocycles. The van der Waals surface area contributed by atoms with E-state index in [9.17, 15) is 13.2 Å². The zero-order valence-electron chi connectivity index (χ0n) is 14.4. The molecule has 0 fully saturated rings. The zero-order valence-corrected chi connectivity index (χ0v) is 15.2. The number of benzene rings is 2. The number of rotatable bonds is 6. The minimum Gasteiger partial charge on any atom is -0.481 e. The van der Waals surface area contributed by atoms with Crippen LogP contribution in [-0.4, -0.2) is 20.4 Å². The quantitative estimate of drug-likeness (QED) is 0.823. The molecule has 0 spiro atoms. The van der Waals surface area contributed by atoms with Crippen LogP contribution in [0.4, 0.5) is 0 Å². The lowest BCUT2D eigenvalue weighted by atomic mass is 10.1. The van der Waals surface area contributed by atoms with Gasteiger partial charge in [0.2, 0.25) is 10.0 Å². The van der Waals surface area contributed by atoms with Crippen molar-refractivity contribution in [3.05, 3.63) is 59.7 Å². The molecule has 2 unspecified atom stereocenters. The van der Waals surface area contributed by atoms with Gasteiger partial charge in [-0.1, -0.05) is 29.8 Å². The Morgan fingerprint density at radius 3 is 2.12 bits per heavy atom. The molecule has 0 aromatic heterocycles. The first-order valence-electron chi connectivity index (χ1n) is 7.83. The summed E-state index contributed by atoms with van der Waals surface area (Å²) in [5.41, 5.74) is 1.88. The van der Waals surface area contributed by atoms with Crippen molar-refractivity contribution >= 4 is 15.9 Å². The summed E-state index contributed by atoms with van der Waals surface area (Å²) < 4.78 is 28.2. The molecule has 1 amide bonds. The maximum absolute atomic E-state index is 12.3. The van der Waals surface area contributed by atoms with Crippen LogP contribution in [0.2, 0.25) is 0 Å². The molecule has 2 atom stereocenters. The first kappa shape index (κ1) is 19.0. The smallest absolute Gasteiger partial charge is 0.261 e. The molecule has 0 aliphatic heterocycles. The fraction of sp³-hybridized carbons (Fsp3) is 0.278. The summed E-state index contributed by atoms with van der Waals surface area (Å²) in [6.07, 6.45) is -0.658. The Morgan fingerprint density at radius 2 is 1.60 bits per heavy atom. The predicted molar refractivity (Wildman–Crippen MR) is 95.6 cm³/mol. The van der Waals surface area contributed by atoms with E-state index < -0.39 is 16.1 Å². The summed E-state index contributed by atoms with van der Waals surface area (Å²) in [6, 6.07) is 13.2. The van der Waals surface area contributed by atoms with Crippen LogP contribution in [0.15, 0.2) is 53.4 Å². The number of nitrogens with two attached hydrogens (primary N) is 1. The van der Waals surface area contributed by atoms with Crippen LogP contribution in [0.1, 0.15) is 31.0 Å². The number of nitrogens with one attached hydrogen (secondary N) is 1. The van der Waals surface area contributed by atoms with Gasteiger partial charge in [0.25, 0.3) is 5.91 Å². The molecular formula is C18H22N2O4S. The number of carbonyl (C=O) groups is 1. The average Bonchev–Trinajstić information content (AvgIpc) is 2.56. The topological polar surface area (TPSA) is 98.5 Å². The molecule has 0 aliphatic rings. The Kier molecular flexibility index (Phi) is 5.81. The van der Waals surface area contributed by atoms with Gasteiger partial charge < -0.3 is 10.1 Å². The van der Waals surface area contributed by atoms with Gasteiger partial charge in [0.15, 0.2) is 6.10 Å². The predicted octanol–water partition coefficient (Wildman–Crippen LogP) is 2.29. The van der Waals surface area contributed by atoms with Crippen LogP contribution in [0, 0.1) is 6.92 Å². The number of hydrogen-bond acceptors (Lipinski definition) is 4. The SMILES string of the molecule is Cc1ccc(OC(C)C(=O)NC(C)c2ccc(S(N)(=O)=O)cc2)cc1. The lowest BCUT2D eigenvalue weighted by Gasteiger charge is -2.19. The molecule has 6 nitrogen and oxygen atoms in total. The molecule has 2 aromatic rings. The number of aryl methyl sites for hydroxylation is 1. The van der Waals surface area contributed by atoms with Crippen LogP contribution >= 0.6 is 0 Å². The minimum atomic E-state index is -3.73. The van der Waals surface area contributed by atoms with E-state index in [1.807, 2.05) is 38.1 Å². The molecule has 0 saturated heterocycles. The summed E-state index contributed by atoms with van der Waals surface area (Å²) in [6.45, 7) is 5.46. The molecule has 0 saturated carbocycles. The van der Waals surface area contributed by atoms with Gasteiger partial charge in [0.05, 0.1) is 10.9 Å². The molecule has 0 radical (unpaired) electrons. The van der Waals surface area contributed by atoms with Crippen molar-refractivity contribution in [3.8, 4) is 5.75 Å². The van der Waals surface area contributed by atoms with E-state index in [-0.39, 0.29) is 16.8 Å². The summed E-state index contributed by atoms with van der Waals surface area (Å²) in [7, 11) is -3.73. The van der Waals surface area contributed by atoms with Crippen molar-refractivity contribution in [2.45, 2.75) is 37.8 Å². The largest absolute Gasteiger partial charge is 0.481 e. The third-order valence-electron chi connectivity index (χ3n) is 3.77. The van der Waals surface area contributed by atoms with E-state index in [2.05, 4.69) is 5.32 Å². The molecule has 2 rings (SSSR count). The van der Waals surface area contributed by atoms with E-state index >= 15 is 0 Å². The molecular weight excluding hydrogens is 340 g/mol. The van der Waals surface area contributed by atoms with Crippen molar-refractivity contribution in [1.29, 1.82) is 0 Å². The van der Waals surface area contributed by atoms with Crippen LogP contribution in [0.25, 0.3) is 0 Å². The van der Waals surface area contributed by atoms with Crippen molar-refractivity contribution in [3.63, 3.8) is 0 Å². The lowest BCUT2D eigenvalue weighted by molar-refractivity contribution is -0.127. The molecule has 25 heavy (non-hydrogen) atoms. The normalized spacial score (nSPS) is 13.8. The van der Waals surface area contributed by atoms with Gasteiger partial charge in [-0.2, -0.15) is 0 Å². The van der Waals surface area contributed by atoms with E-state index in [4.69, 9.17) is 9.88 Å². The van der Waals surface area contributed by atoms with E-state index in [0.29, 0.717) is 5.75 Å². The second-order valence-electron chi connectivity index (χ2n) is 5.92. The lowest BCUT2D eigenvalue weighted by Crippen LogP contribution is -2.37. The first-order chi connectivity index (χ1) is 11.7. The summed E-state index contributed by atoms with van der Waals surface area (Å²) >= 11 is 0. The van der Waals surface area contributed by atoms with Crippen molar-refractivity contribution in [2.24, 2.45) is 5.14 Å². The highest BCUT2D eigenvalue weighted by molar-refractivity contribution is 7.89. The fourth-order valence-corrected chi connectivity index (χ4v) is 2.75. The van der Waals surface area contributed by atoms with Gasteiger partial charge in [0, 0.05) is 0 Å². The van der Waals surface area contributed by atoms with Crippen LogP contribution in [0.5, 0.6) is 5.75 Å². The average molecular weight is 362 g/mol. The van der Waals surface area contributed by atoms with Crippen molar-refractivity contribution < 1.29 is 17.9 Å². The number of primary sulfonamides is 1. The van der Waals surface area contributed by atoms with E-state index in [1.54, 1.807) is 19.1 Å². The molecule has 2 aromatic carbocycles. The van der Waals surface area contributed by atoms with Crippen molar-refractivity contribution in [2.75, 3.05) is 0 Å². The zero-order chi connectivity index (χ0) is 18.6. The van der Waals surface area contributed by atoms with Gasteiger partial charge in [-0.3, -0.25) is 4.79 Å². The highest BCUT2D eigenvalue weighted by Gasteiger charge is 2.18.